The van der Waals surface area contributed by atoms with Crippen molar-refractivity contribution in [2.45, 2.75) is 18.4 Å². The van der Waals surface area contributed by atoms with Gasteiger partial charge in [0, 0.05) is 45.2 Å². The first-order valence-electron chi connectivity index (χ1n) is 9.71. The van der Waals surface area contributed by atoms with Crippen LogP contribution in [0.25, 0.3) is 0 Å². The molecule has 2 unspecified atom stereocenters. The van der Waals surface area contributed by atoms with Gasteiger partial charge in [-0.15, -0.1) is 24.0 Å². The van der Waals surface area contributed by atoms with Crippen molar-refractivity contribution >= 4 is 35.6 Å². The SMILES string of the molecule is CN=C(NC1CC1c1ccccc1)N1CCN(c2ccccc2OC)CC1.I. The second kappa shape index (κ2) is 9.49. The molecule has 0 spiro atoms. The number of para-hydroxylation sites is 2. The molecule has 0 bridgehead atoms. The first-order chi connectivity index (χ1) is 13.3. The van der Waals surface area contributed by atoms with Gasteiger partial charge in [-0.1, -0.05) is 42.5 Å². The van der Waals surface area contributed by atoms with Crippen molar-refractivity contribution in [2.24, 2.45) is 4.99 Å². The van der Waals surface area contributed by atoms with Gasteiger partial charge in [0.2, 0.25) is 0 Å². The Labute approximate surface area is 184 Å². The Morgan fingerprint density at radius 3 is 2.36 bits per heavy atom. The first-order valence-corrected chi connectivity index (χ1v) is 9.71. The highest BCUT2D eigenvalue weighted by Gasteiger charge is 2.39. The number of anilines is 1. The maximum absolute atomic E-state index is 5.52. The molecule has 0 aromatic heterocycles. The molecular formula is C22H29IN4O. The van der Waals surface area contributed by atoms with E-state index in [0.717, 1.165) is 37.9 Å². The van der Waals surface area contributed by atoms with Crippen LogP contribution in [0.3, 0.4) is 0 Å². The molecular weight excluding hydrogens is 463 g/mol. The van der Waals surface area contributed by atoms with E-state index in [1.807, 2.05) is 19.2 Å². The van der Waals surface area contributed by atoms with Gasteiger partial charge in [0.15, 0.2) is 5.96 Å². The van der Waals surface area contributed by atoms with E-state index in [0.29, 0.717) is 12.0 Å². The van der Waals surface area contributed by atoms with Crippen LogP contribution in [-0.2, 0) is 0 Å². The summed E-state index contributed by atoms with van der Waals surface area (Å²) >= 11 is 0. The molecule has 150 valence electrons. The first kappa shape index (κ1) is 20.8. The fraction of sp³-hybridized carbons (Fsp3) is 0.409. The zero-order valence-electron chi connectivity index (χ0n) is 16.5. The fourth-order valence-electron chi connectivity index (χ4n) is 3.94. The molecule has 1 saturated carbocycles. The van der Waals surface area contributed by atoms with Crippen LogP contribution in [0.15, 0.2) is 59.6 Å². The van der Waals surface area contributed by atoms with Crippen LogP contribution in [0.1, 0.15) is 17.9 Å². The number of aliphatic imine (C=N–C) groups is 1. The summed E-state index contributed by atoms with van der Waals surface area (Å²) in [6.45, 7) is 3.85. The van der Waals surface area contributed by atoms with Crippen molar-refractivity contribution in [1.82, 2.24) is 10.2 Å². The van der Waals surface area contributed by atoms with Crippen LogP contribution in [0.5, 0.6) is 5.75 Å². The van der Waals surface area contributed by atoms with Gasteiger partial charge >= 0.3 is 0 Å². The van der Waals surface area contributed by atoms with Crippen molar-refractivity contribution in [3.63, 3.8) is 0 Å². The third kappa shape index (κ3) is 4.54. The number of nitrogens with zero attached hydrogens (tertiary/aromatic N) is 3. The minimum atomic E-state index is 0. The monoisotopic (exact) mass is 492 g/mol. The number of halogens is 1. The summed E-state index contributed by atoms with van der Waals surface area (Å²) in [6, 6.07) is 19.5. The Kier molecular flexibility index (Phi) is 7.04. The van der Waals surface area contributed by atoms with Crippen LogP contribution >= 0.6 is 24.0 Å². The van der Waals surface area contributed by atoms with Crippen molar-refractivity contribution in [3.8, 4) is 5.75 Å². The number of methoxy groups -OCH3 is 1. The zero-order chi connectivity index (χ0) is 18.6. The number of ether oxygens (including phenoxy) is 1. The lowest BCUT2D eigenvalue weighted by Crippen LogP contribution is -2.53. The van der Waals surface area contributed by atoms with Crippen LogP contribution in [0.2, 0.25) is 0 Å². The molecule has 2 atom stereocenters. The standard InChI is InChI=1S/C22H28N4O.HI/c1-23-22(24-19-16-18(19)17-8-4-3-5-9-17)26-14-12-25(13-15-26)20-10-6-7-11-21(20)27-2;/h3-11,18-19H,12-16H2,1-2H3,(H,23,24);1H. The quantitative estimate of drug-likeness (QED) is 0.403. The van der Waals surface area contributed by atoms with E-state index in [9.17, 15) is 0 Å². The summed E-state index contributed by atoms with van der Waals surface area (Å²) in [5, 5.41) is 3.67. The van der Waals surface area contributed by atoms with E-state index < -0.39 is 0 Å². The number of hydrogen-bond acceptors (Lipinski definition) is 3. The topological polar surface area (TPSA) is 40.1 Å². The second-order valence-corrected chi connectivity index (χ2v) is 7.20. The predicted molar refractivity (Wildman–Crippen MR) is 126 cm³/mol. The van der Waals surface area contributed by atoms with Crippen molar-refractivity contribution < 1.29 is 4.74 Å². The van der Waals surface area contributed by atoms with Gasteiger partial charge in [-0.25, -0.2) is 0 Å². The molecule has 4 rings (SSSR count). The number of nitrogens with one attached hydrogen (secondary N) is 1. The third-order valence-electron chi connectivity index (χ3n) is 5.55. The van der Waals surface area contributed by atoms with Gasteiger partial charge < -0.3 is 19.9 Å². The number of rotatable bonds is 4. The molecule has 5 nitrogen and oxygen atoms in total. The molecule has 28 heavy (non-hydrogen) atoms. The van der Waals surface area contributed by atoms with Crippen molar-refractivity contribution in [2.75, 3.05) is 45.2 Å². The molecule has 1 aliphatic carbocycles. The lowest BCUT2D eigenvalue weighted by molar-refractivity contribution is 0.366. The molecule has 0 radical (unpaired) electrons. The summed E-state index contributed by atoms with van der Waals surface area (Å²) in [6.07, 6.45) is 1.18. The normalized spacial score (nSPS) is 21.7. The highest BCUT2D eigenvalue weighted by atomic mass is 127. The average molecular weight is 492 g/mol. The van der Waals surface area contributed by atoms with Crippen LogP contribution in [0.4, 0.5) is 5.69 Å². The van der Waals surface area contributed by atoms with Gasteiger partial charge in [-0.3, -0.25) is 4.99 Å². The lowest BCUT2D eigenvalue weighted by atomic mass is 10.1. The summed E-state index contributed by atoms with van der Waals surface area (Å²) in [5.74, 6) is 2.58. The molecule has 2 aromatic carbocycles. The number of piperazine rings is 1. The van der Waals surface area contributed by atoms with E-state index in [1.54, 1.807) is 7.11 Å². The molecule has 2 aliphatic rings. The largest absolute Gasteiger partial charge is 0.495 e. The van der Waals surface area contributed by atoms with Crippen molar-refractivity contribution in [3.05, 3.63) is 60.2 Å². The number of guanidine groups is 1. The van der Waals surface area contributed by atoms with Gasteiger partial charge in [0.1, 0.15) is 5.75 Å². The lowest BCUT2D eigenvalue weighted by Gasteiger charge is -2.38. The molecule has 1 saturated heterocycles. The van der Waals surface area contributed by atoms with Gasteiger partial charge in [0.05, 0.1) is 12.8 Å². The Morgan fingerprint density at radius 1 is 1.00 bits per heavy atom. The second-order valence-electron chi connectivity index (χ2n) is 7.20. The minimum absolute atomic E-state index is 0. The zero-order valence-corrected chi connectivity index (χ0v) is 18.9. The van der Waals surface area contributed by atoms with Crippen molar-refractivity contribution in [1.29, 1.82) is 0 Å². The molecule has 1 N–H and O–H groups in total. The molecule has 2 fully saturated rings. The van der Waals surface area contributed by atoms with E-state index in [2.05, 4.69) is 62.6 Å². The number of hydrogen-bond donors (Lipinski definition) is 1. The van der Waals surface area contributed by atoms with Crippen LogP contribution in [-0.4, -0.2) is 57.2 Å². The highest BCUT2D eigenvalue weighted by molar-refractivity contribution is 14.0. The average Bonchev–Trinajstić information content (AvgIpc) is 3.52. The Morgan fingerprint density at radius 2 is 1.68 bits per heavy atom. The molecule has 1 heterocycles. The Bertz CT molecular complexity index is 790. The summed E-state index contributed by atoms with van der Waals surface area (Å²) in [4.78, 5) is 9.30. The maximum Gasteiger partial charge on any atom is 0.194 e. The summed E-state index contributed by atoms with van der Waals surface area (Å²) in [5.41, 5.74) is 2.60. The summed E-state index contributed by atoms with van der Waals surface area (Å²) in [7, 11) is 3.62. The highest BCUT2D eigenvalue weighted by Crippen LogP contribution is 2.40. The van der Waals surface area contributed by atoms with E-state index in [4.69, 9.17) is 4.74 Å². The third-order valence-corrected chi connectivity index (χ3v) is 5.55. The van der Waals surface area contributed by atoms with E-state index in [1.165, 1.54) is 17.7 Å². The predicted octanol–water partition coefficient (Wildman–Crippen LogP) is 3.57. The molecule has 0 amide bonds. The van der Waals surface area contributed by atoms with Crippen LogP contribution < -0.4 is 15.0 Å². The van der Waals surface area contributed by atoms with Gasteiger partial charge in [-0.2, -0.15) is 0 Å². The smallest absolute Gasteiger partial charge is 0.194 e. The maximum atomic E-state index is 5.52. The van der Waals surface area contributed by atoms with Gasteiger partial charge in [-0.05, 0) is 24.1 Å². The van der Waals surface area contributed by atoms with Crippen LogP contribution in [0, 0.1) is 0 Å². The molecule has 6 heteroatoms. The Hall–Kier alpha value is -1.96. The Balaban J connectivity index is 0.00000225. The van der Waals surface area contributed by atoms with Gasteiger partial charge in [0.25, 0.3) is 0 Å². The summed E-state index contributed by atoms with van der Waals surface area (Å²) < 4.78 is 5.52. The van der Waals surface area contributed by atoms with E-state index in [-0.39, 0.29) is 24.0 Å². The molecule has 2 aromatic rings. The van der Waals surface area contributed by atoms with E-state index >= 15 is 0 Å². The number of benzene rings is 2. The fourth-order valence-corrected chi connectivity index (χ4v) is 3.94. The molecule has 1 aliphatic heterocycles. The minimum Gasteiger partial charge on any atom is -0.495 e.